The molecule has 0 unspecified atom stereocenters. The first-order valence-corrected chi connectivity index (χ1v) is 7.23. The highest BCUT2D eigenvalue weighted by molar-refractivity contribution is 7.98. The predicted molar refractivity (Wildman–Crippen MR) is 76.9 cm³/mol. The molecule has 0 aliphatic heterocycles. The zero-order valence-electron chi connectivity index (χ0n) is 10.7. The third-order valence-corrected chi connectivity index (χ3v) is 3.65. The summed E-state index contributed by atoms with van der Waals surface area (Å²) in [5.74, 6) is 0.561. The fourth-order valence-corrected chi connectivity index (χ4v) is 2.45. The molecule has 0 saturated heterocycles. The van der Waals surface area contributed by atoms with Crippen molar-refractivity contribution in [1.29, 1.82) is 0 Å². The van der Waals surface area contributed by atoms with Crippen LogP contribution in [0.5, 0.6) is 0 Å². The van der Waals surface area contributed by atoms with Gasteiger partial charge in [0.15, 0.2) is 0 Å². The second kappa shape index (κ2) is 5.46. The first-order valence-electron chi connectivity index (χ1n) is 6.01. The van der Waals surface area contributed by atoms with E-state index in [1.807, 2.05) is 30.5 Å². The molecule has 2 aromatic carbocycles. The molecule has 3 rings (SSSR count). The van der Waals surface area contributed by atoms with Crippen molar-refractivity contribution >= 4 is 11.8 Å². The van der Waals surface area contributed by atoms with Crippen molar-refractivity contribution < 1.29 is 8.81 Å². The minimum absolute atomic E-state index is 0.291. The Morgan fingerprint density at radius 3 is 2.40 bits per heavy atom. The summed E-state index contributed by atoms with van der Waals surface area (Å²) in [5, 5.41) is 8.09. The van der Waals surface area contributed by atoms with E-state index in [9.17, 15) is 4.39 Å². The minimum atomic E-state index is -0.291. The van der Waals surface area contributed by atoms with Crippen molar-refractivity contribution in [3.63, 3.8) is 0 Å². The van der Waals surface area contributed by atoms with E-state index in [0.29, 0.717) is 17.3 Å². The van der Waals surface area contributed by atoms with E-state index in [1.165, 1.54) is 12.1 Å². The van der Waals surface area contributed by atoms with Gasteiger partial charge in [0.2, 0.25) is 11.8 Å². The van der Waals surface area contributed by atoms with E-state index in [0.717, 1.165) is 10.5 Å². The molecule has 1 aromatic heterocycles. The molecule has 5 heteroatoms. The molecule has 3 aromatic rings. The van der Waals surface area contributed by atoms with E-state index in [1.54, 1.807) is 23.9 Å². The number of hydrogen-bond donors (Lipinski definition) is 0. The molecule has 0 aliphatic carbocycles. The Hall–Kier alpha value is -2.14. The molecule has 0 fully saturated rings. The van der Waals surface area contributed by atoms with Gasteiger partial charge in [-0.1, -0.05) is 12.1 Å². The number of aromatic nitrogens is 2. The van der Waals surface area contributed by atoms with Crippen LogP contribution < -0.4 is 0 Å². The second-order valence-corrected chi connectivity index (χ2v) is 4.97. The third kappa shape index (κ3) is 2.44. The maximum absolute atomic E-state index is 12.9. The van der Waals surface area contributed by atoms with Crippen molar-refractivity contribution in [2.24, 2.45) is 0 Å². The number of benzene rings is 2. The number of thioether (sulfide) groups is 1. The van der Waals surface area contributed by atoms with Gasteiger partial charge in [-0.2, -0.15) is 0 Å². The Bertz CT molecular complexity index is 725. The maximum Gasteiger partial charge on any atom is 0.249 e. The fraction of sp³-hybridized carbons (Fsp3) is 0.0667. The first kappa shape index (κ1) is 12.9. The topological polar surface area (TPSA) is 38.9 Å². The van der Waals surface area contributed by atoms with Crippen LogP contribution in [0.25, 0.3) is 22.9 Å². The van der Waals surface area contributed by atoms with Crippen LogP contribution in [0.1, 0.15) is 0 Å². The lowest BCUT2D eigenvalue weighted by molar-refractivity contribution is 0.582. The van der Waals surface area contributed by atoms with Gasteiger partial charge in [-0.25, -0.2) is 4.39 Å². The summed E-state index contributed by atoms with van der Waals surface area (Å²) in [6.45, 7) is 0. The first-order chi connectivity index (χ1) is 9.78. The molecule has 100 valence electrons. The van der Waals surface area contributed by atoms with Gasteiger partial charge in [0.05, 0.1) is 5.56 Å². The van der Waals surface area contributed by atoms with Gasteiger partial charge in [0.1, 0.15) is 5.82 Å². The van der Waals surface area contributed by atoms with Crippen LogP contribution in [-0.2, 0) is 0 Å². The molecule has 20 heavy (non-hydrogen) atoms. The summed E-state index contributed by atoms with van der Waals surface area (Å²) in [6, 6.07) is 13.8. The lowest BCUT2D eigenvalue weighted by Crippen LogP contribution is -1.81. The highest BCUT2D eigenvalue weighted by atomic mass is 32.2. The fourth-order valence-electron chi connectivity index (χ4n) is 1.86. The van der Waals surface area contributed by atoms with Gasteiger partial charge >= 0.3 is 0 Å². The van der Waals surface area contributed by atoms with E-state index in [-0.39, 0.29) is 5.82 Å². The van der Waals surface area contributed by atoms with Crippen LogP contribution in [-0.4, -0.2) is 16.5 Å². The quantitative estimate of drug-likeness (QED) is 0.674. The lowest BCUT2D eigenvalue weighted by atomic mass is 10.2. The number of rotatable bonds is 3. The monoisotopic (exact) mass is 286 g/mol. The molecule has 1 heterocycles. The van der Waals surface area contributed by atoms with E-state index < -0.39 is 0 Å². The highest BCUT2D eigenvalue weighted by Crippen LogP contribution is 2.30. The van der Waals surface area contributed by atoms with Crippen LogP contribution in [0.4, 0.5) is 4.39 Å². The van der Waals surface area contributed by atoms with E-state index in [4.69, 9.17) is 4.42 Å². The molecular formula is C15H11FN2OS. The summed E-state index contributed by atoms with van der Waals surface area (Å²) in [5.41, 5.74) is 1.60. The standard InChI is InChI=1S/C15H11FN2OS/c1-20-13-5-3-2-4-12(13)15-18-17-14(19-15)10-6-8-11(16)9-7-10/h2-9H,1H3. The lowest BCUT2D eigenvalue weighted by Gasteiger charge is -2.01. The Morgan fingerprint density at radius 2 is 1.65 bits per heavy atom. The molecule has 0 atom stereocenters. The zero-order valence-corrected chi connectivity index (χ0v) is 11.5. The SMILES string of the molecule is CSc1ccccc1-c1nnc(-c2ccc(F)cc2)o1. The summed E-state index contributed by atoms with van der Waals surface area (Å²) >= 11 is 1.62. The predicted octanol–water partition coefficient (Wildman–Crippen LogP) is 4.26. The van der Waals surface area contributed by atoms with Gasteiger partial charge in [-0.15, -0.1) is 22.0 Å². The van der Waals surface area contributed by atoms with Crippen LogP contribution in [0.3, 0.4) is 0 Å². The maximum atomic E-state index is 12.9. The van der Waals surface area contributed by atoms with Gasteiger partial charge < -0.3 is 4.42 Å². The van der Waals surface area contributed by atoms with Crippen LogP contribution in [0.2, 0.25) is 0 Å². The summed E-state index contributed by atoms with van der Waals surface area (Å²) in [4.78, 5) is 1.07. The van der Waals surface area contributed by atoms with Gasteiger partial charge in [-0.05, 0) is 42.7 Å². The molecular weight excluding hydrogens is 275 g/mol. The molecule has 0 spiro atoms. The van der Waals surface area contributed by atoms with E-state index in [2.05, 4.69) is 10.2 Å². The molecule has 0 saturated carbocycles. The van der Waals surface area contributed by atoms with Crippen molar-refractivity contribution in [3.8, 4) is 22.9 Å². The summed E-state index contributed by atoms with van der Waals surface area (Å²) < 4.78 is 18.6. The van der Waals surface area contributed by atoms with Crippen molar-refractivity contribution in [3.05, 3.63) is 54.3 Å². The normalized spacial score (nSPS) is 10.7. The molecule has 0 amide bonds. The van der Waals surface area contributed by atoms with E-state index >= 15 is 0 Å². The molecule has 0 bridgehead atoms. The number of hydrogen-bond acceptors (Lipinski definition) is 4. The Morgan fingerprint density at radius 1 is 0.950 bits per heavy atom. The van der Waals surface area contributed by atoms with Crippen molar-refractivity contribution in [2.45, 2.75) is 4.90 Å². The smallest absolute Gasteiger partial charge is 0.249 e. The van der Waals surface area contributed by atoms with Crippen molar-refractivity contribution in [1.82, 2.24) is 10.2 Å². The molecule has 3 nitrogen and oxygen atoms in total. The molecule has 0 aliphatic rings. The van der Waals surface area contributed by atoms with Crippen molar-refractivity contribution in [2.75, 3.05) is 6.26 Å². The Kier molecular flexibility index (Phi) is 3.52. The number of halogens is 1. The molecule has 0 radical (unpaired) electrons. The van der Waals surface area contributed by atoms with Crippen LogP contribution >= 0.6 is 11.8 Å². The second-order valence-electron chi connectivity index (χ2n) is 4.12. The molecule has 0 N–H and O–H groups in total. The average molecular weight is 286 g/mol. The summed E-state index contributed by atoms with van der Waals surface area (Å²) in [6.07, 6.45) is 2.00. The van der Waals surface area contributed by atoms with Gasteiger partial charge in [0.25, 0.3) is 0 Å². The zero-order chi connectivity index (χ0) is 13.9. The third-order valence-electron chi connectivity index (χ3n) is 2.85. The minimum Gasteiger partial charge on any atom is -0.416 e. The van der Waals surface area contributed by atoms with Gasteiger partial charge in [0, 0.05) is 10.5 Å². The Balaban J connectivity index is 2.00. The number of nitrogens with zero attached hydrogens (tertiary/aromatic N) is 2. The highest BCUT2D eigenvalue weighted by Gasteiger charge is 2.13. The average Bonchev–Trinajstić information content (AvgIpc) is 2.97. The Labute approximate surface area is 119 Å². The summed E-state index contributed by atoms with van der Waals surface area (Å²) in [7, 11) is 0. The van der Waals surface area contributed by atoms with Gasteiger partial charge in [-0.3, -0.25) is 0 Å². The van der Waals surface area contributed by atoms with Crippen LogP contribution in [0, 0.1) is 5.82 Å². The van der Waals surface area contributed by atoms with Crippen LogP contribution in [0.15, 0.2) is 57.8 Å². The largest absolute Gasteiger partial charge is 0.416 e.